The van der Waals surface area contributed by atoms with Crippen molar-refractivity contribution >= 4 is 17.6 Å². The molecule has 1 aliphatic carbocycles. The van der Waals surface area contributed by atoms with Gasteiger partial charge in [0.1, 0.15) is 11.4 Å². The molecule has 2 unspecified atom stereocenters. The number of ketones is 1. The fraction of sp³-hybridized carbons (Fsp3) is 0.710. The van der Waals surface area contributed by atoms with Gasteiger partial charge < -0.3 is 14.4 Å². The average Bonchev–Trinajstić information content (AvgIpc) is 3.64. The molecule has 6 atom stereocenters. The van der Waals surface area contributed by atoms with Crippen molar-refractivity contribution in [1.29, 1.82) is 5.26 Å². The topological polar surface area (TPSA) is 86.1 Å². The second kappa shape index (κ2) is 10.6. The van der Waals surface area contributed by atoms with Crippen molar-refractivity contribution in [2.24, 2.45) is 11.8 Å². The minimum Gasteiger partial charge on any atom is -0.444 e. The minimum atomic E-state index is -0.656. The Hall–Kier alpha value is -2.70. The number of benzene rings is 1. The van der Waals surface area contributed by atoms with E-state index in [4.69, 9.17) is 9.47 Å². The molecular formula is C31H41FN4O4. The number of halogens is 1. The Morgan fingerprint density at radius 3 is 2.58 bits per heavy atom. The molecule has 4 saturated heterocycles. The van der Waals surface area contributed by atoms with E-state index in [1.54, 1.807) is 17.0 Å². The standard InChI is InChI=1S/C31H41FN4O4/c1-31(2,3)40-30(38)36-23-7-5-21(14-23)29(36)28(37)13-19(16-33)12-20-4-6-22(15-25(20)32)34-10-8-27-26(34)9-11-35(27)24-17-39-18-24/h4,6,15,19,21,23-24,26-27,29H,5,7-14,17-18H2,1-3H3/t19-,21+,23-,26?,27?,29+/m1/s1. The largest absolute Gasteiger partial charge is 0.444 e. The van der Waals surface area contributed by atoms with Gasteiger partial charge in [-0.2, -0.15) is 5.26 Å². The number of nitriles is 1. The van der Waals surface area contributed by atoms with Crippen LogP contribution in [0.3, 0.4) is 0 Å². The van der Waals surface area contributed by atoms with E-state index in [2.05, 4.69) is 15.9 Å². The monoisotopic (exact) mass is 552 g/mol. The van der Waals surface area contributed by atoms with Crippen LogP contribution in [0.5, 0.6) is 0 Å². The molecule has 1 aromatic carbocycles. The Balaban J connectivity index is 1.10. The molecule has 1 aromatic rings. The quantitative estimate of drug-likeness (QED) is 0.498. The molecule has 0 radical (unpaired) electrons. The predicted molar refractivity (Wildman–Crippen MR) is 147 cm³/mol. The van der Waals surface area contributed by atoms with Crippen LogP contribution in [0.1, 0.15) is 64.9 Å². The first kappa shape index (κ1) is 27.5. The molecule has 5 aliphatic rings. The first-order chi connectivity index (χ1) is 19.1. The number of carbonyl (C=O) groups excluding carboxylic acids is 2. The van der Waals surface area contributed by atoms with Gasteiger partial charge in [-0.25, -0.2) is 9.18 Å². The van der Waals surface area contributed by atoms with Crippen molar-refractivity contribution in [2.45, 2.75) is 102 Å². The Kier molecular flexibility index (Phi) is 7.28. The minimum absolute atomic E-state index is 0.00146. The van der Waals surface area contributed by atoms with Crippen LogP contribution in [0.25, 0.3) is 0 Å². The summed E-state index contributed by atoms with van der Waals surface area (Å²) in [4.78, 5) is 33.0. The van der Waals surface area contributed by atoms with Crippen molar-refractivity contribution in [3.05, 3.63) is 29.6 Å². The number of ether oxygens (including phenoxy) is 2. The smallest absolute Gasteiger partial charge is 0.411 e. The number of nitrogens with zero attached hydrogens (tertiary/aromatic N) is 4. The Bertz CT molecular complexity index is 1190. The predicted octanol–water partition coefficient (Wildman–Crippen LogP) is 4.31. The molecule has 0 aromatic heterocycles. The van der Waals surface area contributed by atoms with E-state index in [0.29, 0.717) is 23.7 Å². The molecule has 216 valence electrons. The summed E-state index contributed by atoms with van der Waals surface area (Å²) in [6, 6.07) is 8.45. The SMILES string of the molecule is CC(C)(C)OC(=O)N1[C@@H]2CC[C@@H](C2)[C@H]1C(=O)C[C@H](C#N)Cc1ccc(N2CCC3C2CCN3C2COC2)cc1F. The summed E-state index contributed by atoms with van der Waals surface area (Å²) >= 11 is 0. The van der Waals surface area contributed by atoms with Crippen LogP contribution in [0, 0.1) is 29.0 Å². The number of carbonyl (C=O) groups is 2. The second-order valence-electron chi connectivity index (χ2n) is 13.4. The molecule has 40 heavy (non-hydrogen) atoms. The van der Waals surface area contributed by atoms with E-state index in [0.717, 1.165) is 64.1 Å². The molecule has 0 spiro atoms. The zero-order valence-electron chi connectivity index (χ0n) is 23.9. The van der Waals surface area contributed by atoms with Gasteiger partial charge in [-0.1, -0.05) is 6.07 Å². The summed E-state index contributed by atoms with van der Waals surface area (Å²) in [6.07, 6.45) is 4.44. The summed E-state index contributed by atoms with van der Waals surface area (Å²) in [6.45, 7) is 9.05. The van der Waals surface area contributed by atoms with Crippen LogP contribution >= 0.6 is 0 Å². The highest BCUT2D eigenvalue weighted by atomic mass is 19.1. The summed E-state index contributed by atoms with van der Waals surface area (Å²) in [5.74, 6) is -0.997. The number of Topliss-reactive ketones (excluding diaryl/α,β-unsaturated/α-hetero) is 1. The summed E-state index contributed by atoms with van der Waals surface area (Å²) < 4.78 is 26.4. The van der Waals surface area contributed by atoms with E-state index < -0.39 is 23.7 Å². The highest BCUT2D eigenvalue weighted by Gasteiger charge is 2.52. The number of rotatable bonds is 7. The van der Waals surface area contributed by atoms with Crippen molar-refractivity contribution in [3.63, 3.8) is 0 Å². The third-order valence-corrected chi connectivity index (χ3v) is 9.69. The first-order valence-corrected chi connectivity index (χ1v) is 14.9. The normalized spacial score (nSPS) is 30.7. The van der Waals surface area contributed by atoms with E-state index in [1.807, 2.05) is 26.8 Å². The highest BCUT2D eigenvalue weighted by Crippen LogP contribution is 2.44. The number of hydrogen-bond donors (Lipinski definition) is 0. The van der Waals surface area contributed by atoms with Crippen LogP contribution in [-0.4, -0.2) is 83.8 Å². The van der Waals surface area contributed by atoms with E-state index in [9.17, 15) is 14.9 Å². The lowest BCUT2D eigenvalue weighted by atomic mass is 9.88. The van der Waals surface area contributed by atoms with E-state index >= 15 is 4.39 Å². The first-order valence-electron chi connectivity index (χ1n) is 14.9. The summed E-state index contributed by atoms with van der Waals surface area (Å²) in [7, 11) is 0. The molecule has 4 heterocycles. The van der Waals surface area contributed by atoms with Crippen LogP contribution < -0.4 is 4.90 Å². The van der Waals surface area contributed by atoms with Crippen LogP contribution in [0.4, 0.5) is 14.9 Å². The van der Waals surface area contributed by atoms with Gasteiger partial charge >= 0.3 is 6.09 Å². The maximum atomic E-state index is 15.4. The zero-order valence-corrected chi connectivity index (χ0v) is 23.9. The molecule has 1 amide bonds. The number of hydrogen-bond acceptors (Lipinski definition) is 7. The van der Waals surface area contributed by atoms with Crippen molar-refractivity contribution in [2.75, 3.05) is 31.2 Å². The number of likely N-dealkylation sites (tertiary alicyclic amines) is 2. The molecule has 6 rings (SSSR count). The fourth-order valence-electron chi connectivity index (χ4n) is 7.86. The van der Waals surface area contributed by atoms with E-state index in [-0.39, 0.29) is 36.4 Å². The van der Waals surface area contributed by atoms with Gasteiger partial charge in [0, 0.05) is 43.3 Å². The van der Waals surface area contributed by atoms with Gasteiger partial charge in [-0.3, -0.25) is 14.6 Å². The van der Waals surface area contributed by atoms with Crippen LogP contribution in [-0.2, 0) is 20.7 Å². The maximum Gasteiger partial charge on any atom is 0.411 e. The lowest BCUT2D eigenvalue weighted by Crippen LogP contribution is -2.52. The number of amides is 1. The molecular weight excluding hydrogens is 511 g/mol. The average molecular weight is 553 g/mol. The van der Waals surface area contributed by atoms with Gasteiger partial charge in [0.15, 0.2) is 5.78 Å². The summed E-state index contributed by atoms with van der Waals surface area (Å²) in [5.41, 5.74) is 0.694. The Morgan fingerprint density at radius 1 is 1.12 bits per heavy atom. The van der Waals surface area contributed by atoms with Crippen molar-refractivity contribution in [3.8, 4) is 6.07 Å². The molecule has 9 heteroatoms. The van der Waals surface area contributed by atoms with Gasteiger partial charge in [-0.05, 0) is 82.9 Å². The molecule has 5 fully saturated rings. The lowest BCUT2D eigenvalue weighted by Gasteiger charge is -2.38. The molecule has 2 bridgehead atoms. The van der Waals surface area contributed by atoms with Gasteiger partial charge in [0.25, 0.3) is 0 Å². The van der Waals surface area contributed by atoms with E-state index in [1.165, 1.54) is 0 Å². The number of fused-ring (bicyclic) bond motifs is 3. The van der Waals surface area contributed by atoms with Crippen LogP contribution in [0.15, 0.2) is 18.2 Å². The van der Waals surface area contributed by atoms with Gasteiger partial charge in [0.2, 0.25) is 0 Å². The molecule has 8 nitrogen and oxygen atoms in total. The van der Waals surface area contributed by atoms with Crippen molar-refractivity contribution < 1.29 is 23.5 Å². The van der Waals surface area contributed by atoms with Gasteiger partial charge in [-0.15, -0.1) is 0 Å². The zero-order chi connectivity index (χ0) is 28.2. The Morgan fingerprint density at radius 2 is 1.90 bits per heavy atom. The van der Waals surface area contributed by atoms with Crippen molar-refractivity contribution in [1.82, 2.24) is 9.80 Å². The molecule has 0 N–H and O–H groups in total. The van der Waals surface area contributed by atoms with Crippen LogP contribution in [0.2, 0.25) is 0 Å². The lowest BCUT2D eigenvalue weighted by molar-refractivity contribution is -0.126. The Labute approximate surface area is 236 Å². The van der Waals surface area contributed by atoms with Gasteiger partial charge in [0.05, 0.1) is 37.3 Å². The number of anilines is 1. The molecule has 1 saturated carbocycles. The third-order valence-electron chi connectivity index (χ3n) is 9.69. The molecule has 4 aliphatic heterocycles. The highest BCUT2D eigenvalue weighted by molar-refractivity contribution is 5.89. The third kappa shape index (κ3) is 5.09. The fourth-order valence-corrected chi connectivity index (χ4v) is 7.86. The maximum absolute atomic E-state index is 15.4. The number of piperidine rings is 1. The summed E-state index contributed by atoms with van der Waals surface area (Å²) in [5, 5.41) is 9.90. The second-order valence-corrected chi connectivity index (χ2v) is 13.4.